The van der Waals surface area contributed by atoms with Crippen molar-refractivity contribution >= 4 is 22.8 Å². The van der Waals surface area contributed by atoms with E-state index in [2.05, 4.69) is 72.4 Å². The largest absolute Gasteiger partial charge is 0.343 e. The topological polar surface area (TPSA) is 29.3 Å². The van der Waals surface area contributed by atoms with Crippen LogP contribution in [-0.4, -0.2) is 10.8 Å². The fraction of sp³-hybridized carbons (Fsp3) is 0.167. The molecule has 3 aromatic rings. The summed E-state index contributed by atoms with van der Waals surface area (Å²) in [6.07, 6.45) is 1.86. The van der Waals surface area contributed by atoms with Gasteiger partial charge in [0.1, 0.15) is 0 Å². The monoisotopic (exact) mass is 277 g/mol. The van der Waals surface area contributed by atoms with Crippen molar-refractivity contribution in [3.63, 3.8) is 0 Å². The molecule has 21 heavy (non-hydrogen) atoms. The number of anilines is 1. The Morgan fingerprint density at radius 1 is 1.05 bits per heavy atom. The molecule has 0 saturated heterocycles. The molecule has 0 unspecified atom stereocenters. The average Bonchev–Trinajstić information content (AvgIpc) is 2.81. The molecule has 2 aromatic carbocycles. The van der Waals surface area contributed by atoms with E-state index in [-0.39, 0.29) is 0 Å². The molecule has 0 aliphatic heterocycles. The van der Waals surface area contributed by atoms with Crippen LogP contribution in [-0.2, 0) is 7.05 Å². The summed E-state index contributed by atoms with van der Waals surface area (Å²) < 4.78 is 2.14. The highest BCUT2D eigenvalue weighted by Gasteiger charge is 2.02. The Kier molecular flexibility index (Phi) is 3.48. The van der Waals surface area contributed by atoms with Gasteiger partial charge in [0.05, 0.1) is 17.6 Å². The fourth-order valence-electron chi connectivity index (χ4n) is 2.47. The van der Waals surface area contributed by atoms with Crippen LogP contribution in [0.1, 0.15) is 16.8 Å². The molecular formula is C18H19N3. The molecule has 0 atom stereocenters. The first kappa shape index (κ1) is 13.4. The van der Waals surface area contributed by atoms with Crippen LogP contribution < -0.4 is 5.43 Å². The third-order valence-electron chi connectivity index (χ3n) is 3.98. The highest BCUT2D eigenvalue weighted by Crippen LogP contribution is 2.19. The molecule has 0 aliphatic carbocycles. The van der Waals surface area contributed by atoms with Crippen LogP contribution in [0.25, 0.3) is 10.9 Å². The van der Waals surface area contributed by atoms with E-state index in [4.69, 9.17) is 0 Å². The number of benzene rings is 2. The summed E-state index contributed by atoms with van der Waals surface area (Å²) in [7, 11) is 2.06. The number of nitrogens with one attached hydrogen (secondary N) is 1. The Bertz CT molecular complexity index is 812. The minimum absolute atomic E-state index is 1.05. The maximum atomic E-state index is 4.37. The van der Waals surface area contributed by atoms with Crippen molar-refractivity contribution in [1.82, 2.24) is 4.57 Å². The van der Waals surface area contributed by atoms with Crippen molar-refractivity contribution in [3.05, 3.63) is 65.4 Å². The zero-order valence-electron chi connectivity index (χ0n) is 12.6. The van der Waals surface area contributed by atoms with Gasteiger partial charge in [-0.1, -0.05) is 30.3 Å². The molecule has 3 heteroatoms. The molecule has 1 heterocycles. The van der Waals surface area contributed by atoms with Crippen LogP contribution in [0.4, 0.5) is 5.69 Å². The number of aromatic nitrogens is 1. The van der Waals surface area contributed by atoms with E-state index >= 15 is 0 Å². The van der Waals surface area contributed by atoms with Crippen molar-refractivity contribution in [3.8, 4) is 0 Å². The van der Waals surface area contributed by atoms with Crippen molar-refractivity contribution in [2.45, 2.75) is 13.8 Å². The normalized spacial score (nSPS) is 11.4. The van der Waals surface area contributed by atoms with Crippen LogP contribution in [0.2, 0.25) is 0 Å². The summed E-state index contributed by atoms with van der Waals surface area (Å²) in [6, 6.07) is 16.7. The van der Waals surface area contributed by atoms with Gasteiger partial charge in [0.2, 0.25) is 0 Å². The van der Waals surface area contributed by atoms with Crippen molar-refractivity contribution in [2.75, 3.05) is 5.43 Å². The Morgan fingerprint density at radius 2 is 1.86 bits per heavy atom. The minimum Gasteiger partial charge on any atom is -0.343 e. The third-order valence-corrected chi connectivity index (χ3v) is 3.98. The van der Waals surface area contributed by atoms with E-state index in [0.717, 1.165) is 11.4 Å². The first-order valence-corrected chi connectivity index (χ1v) is 7.06. The molecule has 0 fully saturated rings. The van der Waals surface area contributed by atoms with Gasteiger partial charge in [-0.05, 0) is 43.2 Å². The molecule has 106 valence electrons. The van der Waals surface area contributed by atoms with Gasteiger partial charge in [-0.2, -0.15) is 5.10 Å². The second kappa shape index (κ2) is 5.44. The molecule has 0 bridgehead atoms. The maximum Gasteiger partial charge on any atom is 0.0709 e. The fourth-order valence-corrected chi connectivity index (χ4v) is 2.47. The smallest absolute Gasteiger partial charge is 0.0709 e. The summed E-state index contributed by atoms with van der Waals surface area (Å²) in [5.41, 5.74) is 8.96. The minimum atomic E-state index is 1.05. The molecule has 0 aliphatic rings. The number of hydrogen-bond acceptors (Lipinski definition) is 2. The molecule has 1 aromatic heterocycles. The number of para-hydroxylation sites is 1. The Morgan fingerprint density at radius 3 is 2.67 bits per heavy atom. The first-order valence-electron chi connectivity index (χ1n) is 7.06. The number of hydrogen-bond donors (Lipinski definition) is 1. The van der Waals surface area contributed by atoms with Crippen molar-refractivity contribution < 1.29 is 0 Å². The van der Waals surface area contributed by atoms with Gasteiger partial charge >= 0.3 is 0 Å². The Balaban J connectivity index is 1.85. The predicted octanol–water partition coefficient (Wildman–Crippen LogP) is 4.24. The van der Waals surface area contributed by atoms with E-state index in [1.54, 1.807) is 0 Å². The molecule has 0 amide bonds. The molecule has 1 N–H and O–H groups in total. The molecule has 0 saturated carbocycles. The van der Waals surface area contributed by atoms with Gasteiger partial charge in [-0.15, -0.1) is 0 Å². The lowest BCUT2D eigenvalue weighted by Crippen LogP contribution is -1.98. The van der Waals surface area contributed by atoms with Gasteiger partial charge in [-0.3, -0.25) is 5.43 Å². The molecule has 0 spiro atoms. The standard InChI is InChI=1S/C18H19N3/c1-13-7-6-9-17(14(13)2)20-19-12-16-11-15-8-4-5-10-18(15)21(16)3/h4-12,20H,1-3H3/b19-12+. The van der Waals surface area contributed by atoms with E-state index in [1.165, 1.54) is 22.0 Å². The van der Waals surface area contributed by atoms with Crippen molar-refractivity contribution in [2.24, 2.45) is 12.1 Å². The van der Waals surface area contributed by atoms with Crippen LogP contribution in [0.3, 0.4) is 0 Å². The molecule has 3 nitrogen and oxygen atoms in total. The quantitative estimate of drug-likeness (QED) is 0.563. The lowest BCUT2D eigenvalue weighted by molar-refractivity contribution is 0.958. The Labute approximate surface area is 124 Å². The number of aryl methyl sites for hydroxylation is 2. The predicted molar refractivity (Wildman–Crippen MR) is 90.1 cm³/mol. The van der Waals surface area contributed by atoms with Crippen LogP contribution in [0.5, 0.6) is 0 Å². The van der Waals surface area contributed by atoms with E-state index in [1.807, 2.05) is 18.3 Å². The van der Waals surface area contributed by atoms with Crippen LogP contribution >= 0.6 is 0 Å². The van der Waals surface area contributed by atoms with Crippen LogP contribution in [0, 0.1) is 13.8 Å². The lowest BCUT2D eigenvalue weighted by atomic mass is 10.1. The SMILES string of the molecule is Cc1cccc(N/N=C/c2cc3ccccc3n2C)c1C. The summed E-state index contributed by atoms with van der Waals surface area (Å²) in [6.45, 7) is 4.21. The summed E-state index contributed by atoms with van der Waals surface area (Å²) >= 11 is 0. The Hall–Kier alpha value is -2.55. The average molecular weight is 277 g/mol. The number of rotatable bonds is 3. The zero-order chi connectivity index (χ0) is 14.8. The van der Waals surface area contributed by atoms with E-state index < -0.39 is 0 Å². The van der Waals surface area contributed by atoms with E-state index in [0.29, 0.717) is 0 Å². The number of hydrazone groups is 1. The molecular weight excluding hydrogens is 258 g/mol. The van der Waals surface area contributed by atoms with Gasteiger partial charge < -0.3 is 4.57 Å². The second-order valence-corrected chi connectivity index (χ2v) is 5.30. The summed E-state index contributed by atoms with van der Waals surface area (Å²) in [5.74, 6) is 0. The number of nitrogens with zero attached hydrogens (tertiary/aromatic N) is 2. The highest BCUT2D eigenvalue weighted by atomic mass is 15.3. The van der Waals surface area contributed by atoms with E-state index in [9.17, 15) is 0 Å². The summed E-state index contributed by atoms with van der Waals surface area (Å²) in [4.78, 5) is 0. The molecule has 0 radical (unpaired) electrons. The van der Waals surface area contributed by atoms with Gasteiger partial charge in [-0.25, -0.2) is 0 Å². The highest BCUT2D eigenvalue weighted by molar-refractivity contribution is 5.90. The van der Waals surface area contributed by atoms with Crippen molar-refractivity contribution in [1.29, 1.82) is 0 Å². The van der Waals surface area contributed by atoms with Gasteiger partial charge in [0.25, 0.3) is 0 Å². The van der Waals surface area contributed by atoms with Crippen LogP contribution in [0.15, 0.2) is 53.6 Å². The maximum absolute atomic E-state index is 4.37. The molecule has 3 rings (SSSR count). The van der Waals surface area contributed by atoms with Gasteiger partial charge in [0, 0.05) is 18.0 Å². The lowest BCUT2D eigenvalue weighted by Gasteiger charge is -2.07. The number of fused-ring (bicyclic) bond motifs is 1. The summed E-state index contributed by atoms with van der Waals surface area (Å²) in [5, 5.41) is 5.60. The second-order valence-electron chi connectivity index (χ2n) is 5.30. The first-order chi connectivity index (χ1) is 10.2. The van der Waals surface area contributed by atoms with Gasteiger partial charge in [0.15, 0.2) is 0 Å². The third kappa shape index (κ3) is 2.55. The zero-order valence-corrected chi connectivity index (χ0v) is 12.6.